The molecule has 2 aromatic heterocycles. The summed E-state index contributed by atoms with van der Waals surface area (Å²) in [5.74, 6) is 0.677. The van der Waals surface area contributed by atoms with Crippen molar-refractivity contribution in [2.75, 3.05) is 31.1 Å². The van der Waals surface area contributed by atoms with Gasteiger partial charge in [-0.1, -0.05) is 0 Å². The van der Waals surface area contributed by atoms with Crippen LogP contribution in [0.15, 0.2) is 11.0 Å². The molecule has 0 aromatic carbocycles. The van der Waals surface area contributed by atoms with Crippen LogP contribution in [-0.4, -0.2) is 51.9 Å². The van der Waals surface area contributed by atoms with Crippen LogP contribution < -0.4 is 10.5 Å². The number of aromatic amines is 1. The third-order valence-electron chi connectivity index (χ3n) is 5.16. The van der Waals surface area contributed by atoms with Crippen molar-refractivity contribution in [3.05, 3.63) is 50.3 Å². The average Bonchev–Trinajstić information content (AvgIpc) is 2.62. The first-order chi connectivity index (χ1) is 12.3. The number of carbonyl (C=O) groups is 1. The van der Waals surface area contributed by atoms with Crippen LogP contribution in [0.5, 0.6) is 0 Å². The van der Waals surface area contributed by atoms with Crippen molar-refractivity contribution in [1.29, 1.82) is 0 Å². The third-order valence-corrected chi connectivity index (χ3v) is 5.16. The molecule has 1 aliphatic rings. The smallest absolute Gasteiger partial charge is 0.261 e. The molecular formula is C19H25N5O2. The minimum absolute atomic E-state index is 0.196. The van der Waals surface area contributed by atoms with E-state index in [2.05, 4.69) is 19.9 Å². The molecule has 0 bridgehead atoms. The summed E-state index contributed by atoms with van der Waals surface area (Å²) in [4.78, 5) is 40.9. The van der Waals surface area contributed by atoms with E-state index < -0.39 is 0 Å². The number of carbonyl (C=O) groups excluding carboxylic acids is 1. The van der Waals surface area contributed by atoms with Crippen LogP contribution in [0.1, 0.15) is 38.6 Å². The van der Waals surface area contributed by atoms with Crippen LogP contribution in [0.4, 0.5) is 5.82 Å². The van der Waals surface area contributed by atoms with Crippen LogP contribution in [0.25, 0.3) is 0 Å². The van der Waals surface area contributed by atoms with E-state index in [9.17, 15) is 9.59 Å². The molecule has 0 spiro atoms. The number of pyridine rings is 1. The van der Waals surface area contributed by atoms with Gasteiger partial charge in [0.2, 0.25) is 0 Å². The van der Waals surface area contributed by atoms with Crippen LogP contribution in [0, 0.1) is 34.6 Å². The summed E-state index contributed by atoms with van der Waals surface area (Å²) in [6.45, 7) is 11.9. The summed E-state index contributed by atoms with van der Waals surface area (Å²) in [6.07, 6.45) is 1.76. The lowest BCUT2D eigenvalue weighted by Gasteiger charge is -2.36. The van der Waals surface area contributed by atoms with E-state index in [1.54, 1.807) is 11.1 Å². The summed E-state index contributed by atoms with van der Waals surface area (Å²) in [5, 5.41) is 0. The van der Waals surface area contributed by atoms with E-state index in [4.69, 9.17) is 0 Å². The minimum Gasteiger partial charge on any atom is -0.352 e. The monoisotopic (exact) mass is 355 g/mol. The number of anilines is 1. The number of aryl methyl sites for hydroxylation is 3. The van der Waals surface area contributed by atoms with E-state index in [0.717, 1.165) is 34.0 Å². The predicted octanol–water partition coefficient (Wildman–Crippen LogP) is 1.67. The number of amides is 1. The fourth-order valence-electron chi connectivity index (χ4n) is 3.33. The first-order valence-corrected chi connectivity index (χ1v) is 8.84. The van der Waals surface area contributed by atoms with Gasteiger partial charge >= 0.3 is 0 Å². The molecule has 138 valence electrons. The molecule has 0 unspecified atom stereocenters. The molecule has 7 nitrogen and oxygen atoms in total. The van der Waals surface area contributed by atoms with Crippen molar-refractivity contribution >= 4 is 11.7 Å². The highest BCUT2D eigenvalue weighted by Gasteiger charge is 2.27. The van der Waals surface area contributed by atoms with E-state index in [0.29, 0.717) is 26.2 Å². The molecule has 0 saturated carbocycles. The predicted molar refractivity (Wildman–Crippen MR) is 101 cm³/mol. The van der Waals surface area contributed by atoms with Crippen LogP contribution in [-0.2, 0) is 0 Å². The van der Waals surface area contributed by atoms with Crippen LogP contribution >= 0.6 is 0 Å². The Morgan fingerprint density at radius 3 is 2.35 bits per heavy atom. The number of piperazine rings is 1. The number of nitrogens with one attached hydrogen (secondary N) is 1. The number of rotatable bonds is 2. The fraction of sp³-hybridized carbons (Fsp3) is 0.474. The maximum Gasteiger partial charge on any atom is 0.261 e. The number of H-pyrrole nitrogens is 1. The highest BCUT2D eigenvalue weighted by Crippen LogP contribution is 2.19. The maximum atomic E-state index is 12.9. The summed E-state index contributed by atoms with van der Waals surface area (Å²) in [5.41, 5.74) is 4.24. The Labute approximate surface area is 153 Å². The summed E-state index contributed by atoms with van der Waals surface area (Å²) >= 11 is 0. The number of hydrogen-bond donors (Lipinski definition) is 1. The Morgan fingerprint density at radius 1 is 1.04 bits per heavy atom. The third kappa shape index (κ3) is 3.21. The molecule has 7 heteroatoms. The SMILES string of the molecule is Cc1cnc(C)c(N2CCN(C(=O)c3c(C)c(C)c(C)[nH]c3=O)CC2)n1. The molecule has 0 aliphatic carbocycles. The van der Waals surface area contributed by atoms with E-state index in [1.807, 2.05) is 34.6 Å². The first kappa shape index (κ1) is 18.1. The molecule has 2 aromatic rings. The molecular weight excluding hydrogens is 330 g/mol. The van der Waals surface area contributed by atoms with E-state index in [-0.39, 0.29) is 17.0 Å². The largest absolute Gasteiger partial charge is 0.352 e. The molecule has 0 radical (unpaired) electrons. The van der Waals surface area contributed by atoms with Gasteiger partial charge in [0, 0.05) is 38.1 Å². The second-order valence-corrected chi connectivity index (χ2v) is 6.90. The maximum absolute atomic E-state index is 12.9. The second-order valence-electron chi connectivity index (χ2n) is 6.90. The number of hydrogen-bond acceptors (Lipinski definition) is 5. The molecule has 26 heavy (non-hydrogen) atoms. The van der Waals surface area contributed by atoms with Gasteiger partial charge in [-0.05, 0) is 45.7 Å². The van der Waals surface area contributed by atoms with Crippen molar-refractivity contribution in [2.45, 2.75) is 34.6 Å². The first-order valence-electron chi connectivity index (χ1n) is 8.84. The quantitative estimate of drug-likeness (QED) is 0.886. The van der Waals surface area contributed by atoms with Gasteiger partial charge in [-0.3, -0.25) is 14.6 Å². The Morgan fingerprint density at radius 2 is 1.69 bits per heavy atom. The molecule has 1 amide bonds. The second kappa shape index (κ2) is 6.90. The van der Waals surface area contributed by atoms with Gasteiger partial charge in [0.1, 0.15) is 11.4 Å². The zero-order valence-corrected chi connectivity index (χ0v) is 16.0. The molecule has 1 fully saturated rings. The van der Waals surface area contributed by atoms with Crippen LogP contribution in [0.3, 0.4) is 0 Å². The minimum atomic E-state index is -0.307. The molecule has 0 atom stereocenters. The van der Waals surface area contributed by atoms with Crippen molar-refractivity contribution in [3.63, 3.8) is 0 Å². The Bertz CT molecular complexity index is 911. The van der Waals surface area contributed by atoms with Gasteiger partial charge in [0.15, 0.2) is 0 Å². The topological polar surface area (TPSA) is 82.2 Å². The summed E-state index contributed by atoms with van der Waals surface area (Å²) < 4.78 is 0. The normalized spacial score (nSPS) is 14.7. The lowest BCUT2D eigenvalue weighted by molar-refractivity contribution is 0.0743. The van der Waals surface area contributed by atoms with Crippen molar-refractivity contribution in [2.24, 2.45) is 0 Å². The lowest BCUT2D eigenvalue weighted by atomic mass is 10.0. The molecule has 3 rings (SSSR count). The highest BCUT2D eigenvalue weighted by atomic mass is 16.2. The van der Waals surface area contributed by atoms with Gasteiger partial charge in [-0.15, -0.1) is 0 Å². The van der Waals surface area contributed by atoms with Gasteiger partial charge in [-0.2, -0.15) is 0 Å². The van der Waals surface area contributed by atoms with Gasteiger partial charge in [0.05, 0.1) is 11.4 Å². The number of aromatic nitrogens is 3. The van der Waals surface area contributed by atoms with E-state index >= 15 is 0 Å². The molecule has 3 heterocycles. The fourth-order valence-corrected chi connectivity index (χ4v) is 3.33. The van der Waals surface area contributed by atoms with Gasteiger partial charge < -0.3 is 14.8 Å². The molecule has 1 N–H and O–H groups in total. The van der Waals surface area contributed by atoms with E-state index in [1.165, 1.54) is 0 Å². The van der Waals surface area contributed by atoms with Crippen LogP contribution in [0.2, 0.25) is 0 Å². The standard InChI is InChI=1S/C19H25N5O2/c1-11-10-20-15(5)17(21-11)23-6-8-24(9-7-23)19(26)16-13(3)12(2)14(4)22-18(16)25/h10H,6-9H2,1-5H3,(H,22,25). The molecule has 1 saturated heterocycles. The zero-order valence-electron chi connectivity index (χ0n) is 16.0. The van der Waals surface area contributed by atoms with Crippen molar-refractivity contribution in [3.8, 4) is 0 Å². The average molecular weight is 355 g/mol. The van der Waals surface area contributed by atoms with Crippen molar-refractivity contribution < 1.29 is 4.79 Å². The van der Waals surface area contributed by atoms with Crippen molar-refractivity contribution in [1.82, 2.24) is 19.9 Å². The molecule has 1 aliphatic heterocycles. The summed E-state index contributed by atoms with van der Waals surface area (Å²) in [6, 6.07) is 0. The Balaban J connectivity index is 1.79. The zero-order chi connectivity index (χ0) is 19.0. The van der Waals surface area contributed by atoms with Gasteiger partial charge in [-0.25, -0.2) is 4.98 Å². The summed E-state index contributed by atoms with van der Waals surface area (Å²) in [7, 11) is 0. The lowest BCUT2D eigenvalue weighted by Crippen LogP contribution is -2.50. The number of nitrogens with zero attached hydrogens (tertiary/aromatic N) is 4. The van der Waals surface area contributed by atoms with Gasteiger partial charge in [0.25, 0.3) is 11.5 Å². The Hall–Kier alpha value is -2.70. The highest BCUT2D eigenvalue weighted by molar-refractivity contribution is 5.95. The Kier molecular flexibility index (Phi) is 4.80.